The molecule has 0 aromatic carbocycles. The molecule has 0 radical (unpaired) electrons. The number of rotatable bonds is 2. The van der Waals surface area contributed by atoms with Crippen molar-refractivity contribution in [3.63, 3.8) is 0 Å². The first-order chi connectivity index (χ1) is 14.5. The lowest BCUT2D eigenvalue weighted by Crippen LogP contribution is -2.28. The summed E-state index contributed by atoms with van der Waals surface area (Å²) in [7, 11) is 0. The number of aromatic amines is 1. The maximum Gasteiger partial charge on any atom is 0.247 e. The van der Waals surface area contributed by atoms with Gasteiger partial charge in [-0.25, -0.2) is 4.98 Å². The minimum Gasteiger partial charge on any atom is -0.384 e. The molecule has 3 N–H and O–H groups in total. The molecule has 4 heterocycles. The fraction of sp³-hybridized carbons (Fsp3) is 0.273. The van der Waals surface area contributed by atoms with Gasteiger partial charge in [0.05, 0.1) is 17.6 Å². The molecule has 2 aliphatic rings. The number of anilines is 2. The molecule has 5 rings (SSSR count). The second-order valence-electron chi connectivity index (χ2n) is 7.88. The van der Waals surface area contributed by atoms with Crippen LogP contribution in [0.25, 0.3) is 5.70 Å². The van der Waals surface area contributed by atoms with Crippen LogP contribution in [-0.4, -0.2) is 31.3 Å². The molecule has 8 heteroatoms. The summed E-state index contributed by atoms with van der Waals surface area (Å²) in [5.74, 6) is 2.65. The third-order valence-electron chi connectivity index (χ3n) is 5.83. The number of hydrogen-bond donors (Lipinski definition) is 2. The quantitative estimate of drug-likeness (QED) is 0.684. The normalized spacial score (nSPS) is 20.7. The van der Waals surface area contributed by atoms with Crippen molar-refractivity contribution < 1.29 is 0 Å². The number of H-pyrrole nitrogens is 1. The molecule has 1 aliphatic heterocycles. The number of hydrogen-bond acceptors (Lipinski definition) is 6. The van der Waals surface area contributed by atoms with Crippen molar-refractivity contribution in [2.45, 2.75) is 32.1 Å². The van der Waals surface area contributed by atoms with E-state index in [1.807, 2.05) is 31.3 Å². The Morgan fingerprint density at radius 2 is 2.07 bits per heavy atom. The van der Waals surface area contributed by atoms with E-state index in [4.69, 9.17) is 5.73 Å². The molecule has 30 heavy (non-hydrogen) atoms. The first-order valence-electron chi connectivity index (χ1n) is 10.0. The van der Waals surface area contributed by atoms with Gasteiger partial charge in [0.2, 0.25) is 5.56 Å². The van der Waals surface area contributed by atoms with Gasteiger partial charge in [-0.2, -0.15) is 0 Å². The van der Waals surface area contributed by atoms with Gasteiger partial charge in [0.25, 0.3) is 0 Å². The summed E-state index contributed by atoms with van der Waals surface area (Å²) in [6.07, 6.45) is 8.73. The number of fused-ring (bicyclic) bond motifs is 2. The summed E-state index contributed by atoms with van der Waals surface area (Å²) in [6.45, 7) is 4.91. The van der Waals surface area contributed by atoms with Gasteiger partial charge in [0.15, 0.2) is 0 Å². The standard InChI is InChI=1S/C22H23N7O/c1-13-12-28(17-5-7-20(23)24-11-17)19-9-15(16-4-8-21(30)25-10-16)3-6-18(19)29-14(2)26-27-22(13)29/h3-8,10-11,13,15H,9,12H2,1-2H3,(H2,23,24)(H,25,30)/t13-,15?/m1/s1. The highest BCUT2D eigenvalue weighted by atomic mass is 16.1. The lowest BCUT2D eigenvalue weighted by atomic mass is 9.90. The topological polar surface area (TPSA) is 106 Å². The highest BCUT2D eigenvalue weighted by molar-refractivity contribution is 5.72. The van der Waals surface area contributed by atoms with E-state index in [0.29, 0.717) is 5.82 Å². The molecule has 1 aliphatic carbocycles. The first-order valence-corrected chi connectivity index (χ1v) is 10.0. The van der Waals surface area contributed by atoms with E-state index in [-0.39, 0.29) is 17.4 Å². The van der Waals surface area contributed by atoms with Crippen molar-refractivity contribution in [1.82, 2.24) is 24.7 Å². The van der Waals surface area contributed by atoms with E-state index in [2.05, 4.69) is 48.7 Å². The van der Waals surface area contributed by atoms with E-state index in [0.717, 1.165) is 41.6 Å². The van der Waals surface area contributed by atoms with E-state index >= 15 is 0 Å². The van der Waals surface area contributed by atoms with Crippen molar-refractivity contribution in [3.8, 4) is 0 Å². The first kappa shape index (κ1) is 18.4. The summed E-state index contributed by atoms with van der Waals surface area (Å²) >= 11 is 0. The van der Waals surface area contributed by atoms with Gasteiger partial charge in [0, 0.05) is 42.8 Å². The fourth-order valence-corrected chi connectivity index (χ4v) is 4.30. The maximum atomic E-state index is 11.5. The zero-order valence-electron chi connectivity index (χ0n) is 16.9. The number of aromatic nitrogens is 5. The van der Waals surface area contributed by atoms with E-state index in [9.17, 15) is 4.79 Å². The van der Waals surface area contributed by atoms with Crippen LogP contribution in [0.5, 0.6) is 0 Å². The molecule has 1 unspecified atom stereocenters. The fourth-order valence-electron chi connectivity index (χ4n) is 4.30. The van der Waals surface area contributed by atoms with Crippen LogP contribution in [0.2, 0.25) is 0 Å². The number of allylic oxidation sites excluding steroid dienone is 4. The molecule has 0 amide bonds. The van der Waals surface area contributed by atoms with Gasteiger partial charge in [0.1, 0.15) is 17.5 Å². The second-order valence-corrected chi connectivity index (χ2v) is 7.88. The third kappa shape index (κ3) is 3.01. The Kier molecular flexibility index (Phi) is 4.27. The molecule has 8 nitrogen and oxygen atoms in total. The Balaban J connectivity index is 1.64. The molecule has 0 fully saturated rings. The number of nitrogens with one attached hydrogen (secondary N) is 1. The smallest absolute Gasteiger partial charge is 0.247 e. The zero-order valence-corrected chi connectivity index (χ0v) is 16.9. The molecule has 0 saturated heterocycles. The molecule has 0 saturated carbocycles. The summed E-state index contributed by atoms with van der Waals surface area (Å²) in [5, 5.41) is 8.80. The van der Waals surface area contributed by atoms with Gasteiger partial charge in [-0.3, -0.25) is 9.36 Å². The molecule has 3 aromatic rings. The van der Waals surface area contributed by atoms with Crippen LogP contribution in [0.15, 0.2) is 59.3 Å². The molecule has 3 aromatic heterocycles. The highest BCUT2D eigenvalue weighted by Gasteiger charge is 2.32. The zero-order chi connectivity index (χ0) is 20.8. The maximum absolute atomic E-state index is 11.5. The molecule has 0 bridgehead atoms. The Morgan fingerprint density at radius 3 is 2.80 bits per heavy atom. The van der Waals surface area contributed by atoms with Crippen molar-refractivity contribution in [2.24, 2.45) is 0 Å². The largest absolute Gasteiger partial charge is 0.384 e. The SMILES string of the molecule is Cc1nnc2n1C1=C(CC(c3ccc(=O)[nH]c3)C=C1)N(c1ccc(N)nc1)C[C@H]2C. The van der Waals surface area contributed by atoms with Gasteiger partial charge >= 0.3 is 0 Å². The van der Waals surface area contributed by atoms with Crippen LogP contribution in [0, 0.1) is 6.92 Å². The van der Waals surface area contributed by atoms with Gasteiger partial charge in [-0.1, -0.05) is 19.1 Å². The van der Waals surface area contributed by atoms with Crippen molar-refractivity contribution >= 4 is 17.2 Å². The monoisotopic (exact) mass is 401 g/mol. The Hall–Kier alpha value is -3.68. The van der Waals surface area contributed by atoms with Crippen LogP contribution < -0.4 is 16.2 Å². The predicted molar refractivity (Wildman–Crippen MR) is 116 cm³/mol. The Morgan fingerprint density at radius 1 is 1.20 bits per heavy atom. The molecular formula is C22H23N7O. The van der Waals surface area contributed by atoms with E-state index in [1.165, 1.54) is 5.70 Å². The number of nitrogens with two attached hydrogens (primary N) is 1. The number of nitrogens with zero attached hydrogens (tertiary/aromatic N) is 5. The molecule has 2 atom stereocenters. The third-order valence-corrected chi connectivity index (χ3v) is 5.83. The van der Waals surface area contributed by atoms with E-state index < -0.39 is 0 Å². The van der Waals surface area contributed by atoms with Crippen molar-refractivity contribution in [1.29, 1.82) is 0 Å². The average molecular weight is 401 g/mol. The molecule has 152 valence electrons. The van der Waals surface area contributed by atoms with Crippen LogP contribution in [-0.2, 0) is 0 Å². The van der Waals surface area contributed by atoms with Gasteiger partial charge in [-0.15, -0.1) is 10.2 Å². The average Bonchev–Trinajstić information content (AvgIpc) is 3.08. The second kappa shape index (κ2) is 6.98. The number of aryl methyl sites for hydroxylation is 1. The van der Waals surface area contributed by atoms with Crippen LogP contribution >= 0.6 is 0 Å². The number of pyridine rings is 2. The summed E-state index contributed by atoms with van der Waals surface area (Å²) in [4.78, 5) is 20.9. The van der Waals surface area contributed by atoms with Crippen molar-refractivity contribution in [3.05, 3.63) is 82.1 Å². The summed E-state index contributed by atoms with van der Waals surface area (Å²) < 4.78 is 2.16. The molecular weight excluding hydrogens is 378 g/mol. The minimum atomic E-state index is -0.0962. The lowest BCUT2D eigenvalue weighted by molar-refractivity contribution is 0.675. The Bertz CT molecular complexity index is 1200. The van der Waals surface area contributed by atoms with Crippen LogP contribution in [0.1, 0.15) is 42.4 Å². The molecule has 0 spiro atoms. The van der Waals surface area contributed by atoms with Gasteiger partial charge < -0.3 is 15.6 Å². The van der Waals surface area contributed by atoms with Crippen LogP contribution in [0.3, 0.4) is 0 Å². The minimum absolute atomic E-state index is 0.0962. The van der Waals surface area contributed by atoms with Crippen LogP contribution in [0.4, 0.5) is 11.5 Å². The van der Waals surface area contributed by atoms with E-state index in [1.54, 1.807) is 12.3 Å². The van der Waals surface area contributed by atoms with Gasteiger partial charge in [-0.05, 0) is 30.7 Å². The summed E-state index contributed by atoms with van der Waals surface area (Å²) in [5.41, 5.74) is 10.1. The van der Waals surface area contributed by atoms with Crippen molar-refractivity contribution in [2.75, 3.05) is 17.2 Å². The highest BCUT2D eigenvalue weighted by Crippen LogP contribution is 2.40. The lowest BCUT2D eigenvalue weighted by Gasteiger charge is -2.32. The summed E-state index contributed by atoms with van der Waals surface area (Å²) in [6, 6.07) is 7.30. The predicted octanol–water partition coefficient (Wildman–Crippen LogP) is 2.79. The Labute approximate surface area is 173 Å². The number of nitrogen functional groups attached to an aromatic ring is 1.